The Hall–Kier alpha value is -3.02. The topological polar surface area (TPSA) is 56.8 Å². The van der Waals surface area contributed by atoms with E-state index in [4.69, 9.17) is 15.2 Å². The Morgan fingerprint density at radius 1 is 0.964 bits per heavy atom. The fraction of sp³-hybridized carbons (Fsp3) is 0.174. The van der Waals surface area contributed by atoms with E-state index in [0.29, 0.717) is 31.1 Å². The van der Waals surface area contributed by atoms with Gasteiger partial charge in [-0.3, -0.25) is 4.99 Å². The van der Waals surface area contributed by atoms with Crippen LogP contribution in [0.2, 0.25) is 0 Å². The molecule has 4 rings (SSSR count). The molecule has 142 valence electrons. The first-order valence-electron chi connectivity index (χ1n) is 9.18. The van der Waals surface area contributed by atoms with Gasteiger partial charge in [-0.05, 0) is 41.5 Å². The summed E-state index contributed by atoms with van der Waals surface area (Å²) in [6, 6.07) is 21.4. The first kappa shape index (κ1) is 18.3. The molecule has 1 aliphatic rings. The van der Waals surface area contributed by atoms with Crippen LogP contribution in [0.3, 0.4) is 0 Å². The average molecular weight is 376 g/mol. The molecule has 0 spiro atoms. The molecule has 0 amide bonds. The van der Waals surface area contributed by atoms with E-state index in [1.807, 2.05) is 48.5 Å². The molecule has 1 heterocycles. The van der Waals surface area contributed by atoms with Crippen LogP contribution in [-0.4, -0.2) is 18.4 Å². The molecule has 2 N–H and O–H groups in total. The predicted octanol–water partition coefficient (Wildman–Crippen LogP) is 4.79. The molecule has 0 bridgehead atoms. The summed E-state index contributed by atoms with van der Waals surface area (Å²) in [5, 5.41) is 0. The van der Waals surface area contributed by atoms with Crippen LogP contribution in [-0.2, 0) is 17.8 Å². The van der Waals surface area contributed by atoms with Crippen molar-refractivity contribution in [2.24, 2.45) is 10.7 Å². The minimum absolute atomic E-state index is 0.252. The van der Waals surface area contributed by atoms with E-state index in [-0.39, 0.29) is 11.9 Å². The van der Waals surface area contributed by atoms with E-state index in [9.17, 15) is 4.39 Å². The summed E-state index contributed by atoms with van der Waals surface area (Å²) in [5.74, 6) is 0.942. The zero-order valence-electron chi connectivity index (χ0n) is 15.3. The Morgan fingerprint density at radius 2 is 1.71 bits per heavy atom. The fourth-order valence-electron chi connectivity index (χ4n) is 3.08. The largest absolute Gasteiger partial charge is 0.457 e. The van der Waals surface area contributed by atoms with Gasteiger partial charge in [-0.1, -0.05) is 36.4 Å². The first-order valence-corrected chi connectivity index (χ1v) is 9.18. The van der Waals surface area contributed by atoms with E-state index in [1.165, 1.54) is 12.1 Å². The molecule has 0 aromatic heterocycles. The lowest BCUT2D eigenvalue weighted by Crippen LogP contribution is -2.35. The summed E-state index contributed by atoms with van der Waals surface area (Å²) < 4.78 is 24.5. The standard InChI is InChI=1S/C23H21FN2O2/c24-18-7-10-19(11-8-18)28-20-9-6-17-12-23(26-22(17)13-20)21(25)15-27-14-16-4-2-1-3-5-16/h1-11,13,21H,12,14-15,25H2/t21-/m0/s1. The van der Waals surface area contributed by atoms with Crippen LogP contribution in [0, 0.1) is 5.82 Å². The normalized spacial score (nSPS) is 13.7. The number of halogens is 1. The third-order valence-electron chi connectivity index (χ3n) is 4.58. The highest BCUT2D eigenvalue weighted by Gasteiger charge is 2.20. The third-order valence-corrected chi connectivity index (χ3v) is 4.58. The number of hydrogen-bond donors (Lipinski definition) is 1. The summed E-state index contributed by atoms with van der Waals surface area (Å²) >= 11 is 0. The van der Waals surface area contributed by atoms with Crippen molar-refractivity contribution in [1.82, 2.24) is 0 Å². The molecule has 0 fully saturated rings. The Labute approximate surface area is 163 Å². The molecule has 28 heavy (non-hydrogen) atoms. The van der Waals surface area contributed by atoms with Gasteiger partial charge in [0, 0.05) is 18.2 Å². The Kier molecular flexibility index (Phi) is 5.46. The highest BCUT2D eigenvalue weighted by molar-refractivity contribution is 5.97. The van der Waals surface area contributed by atoms with Crippen LogP contribution in [0.1, 0.15) is 11.1 Å². The molecule has 0 radical (unpaired) electrons. The van der Waals surface area contributed by atoms with Gasteiger partial charge >= 0.3 is 0 Å². The van der Waals surface area contributed by atoms with Crippen molar-refractivity contribution in [3.8, 4) is 11.5 Å². The number of rotatable bonds is 7. The van der Waals surface area contributed by atoms with Crippen molar-refractivity contribution >= 4 is 11.4 Å². The molecule has 1 aliphatic heterocycles. The lowest BCUT2D eigenvalue weighted by Gasteiger charge is -2.12. The van der Waals surface area contributed by atoms with Crippen molar-refractivity contribution < 1.29 is 13.9 Å². The van der Waals surface area contributed by atoms with Crippen LogP contribution in [0.15, 0.2) is 77.8 Å². The second-order valence-electron chi connectivity index (χ2n) is 6.73. The van der Waals surface area contributed by atoms with Crippen LogP contribution in [0.4, 0.5) is 10.1 Å². The van der Waals surface area contributed by atoms with Gasteiger partial charge in [0.1, 0.15) is 17.3 Å². The smallest absolute Gasteiger partial charge is 0.129 e. The molecular weight excluding hydrogens is 355 g/mol. The van der Waals surface area contributed by atoms with Gasteiger partial charge in [-0.25, -0.2) is 4.39 Å². The molecule has 0 aliphatic carbocycles. The zero-order valence-corrected chi connectivity index (χ0v) is 15.3. The fourth-order valence-corrected chi connectivity index (χ4v) is 3.08. The van der Waals surface area contributed by atoms with Crippen molar-refractivity contribution in [3.63, 3.8) is 0 Å². The Balaban J connectivity index is 1.36. The Morgan fingerprint density at radius 3 is 2.50 bits per heavy atom. The maximum absolute atomic E-state index is 13.0. The van der Waals surface area contributed by atoms with E-state index in [1.54, 1.807) is 12.1 Å². The van der Waals surface area contributed by atoms with Gasteiger partial charge in [0.2, 0.25) is 0 Å². The van der Waals surface area contributed by atoms with Crippen LogP contribution in [0.5, 0.6) is 11.5 Å². The van der Waals surface area contributed by atoms with Gasteiger partial charge in [0.15, 0.2) is 0 Å². The number of fused-ring (bicyclic) bond motifs is 1. The number of nitrogens with zero attached hydrogens (tertiary/aromatic N) is 1. The Bertz CT molecular complexity index is 972. The van der Waals surface area contributed by atoms with Gasteiger partial charge in [0.05, 0.1) is 24.9 Å². The van der Waals surface area contributed by atoms with Crippen LogP contribution >= 0.6 is 0 Å². The number of ether oxygens (including phenoxy) is 2. The van der Waals surface area contributed by atoms with Gasteiger partial charge in [0.25, 0.3) is 0 Å². The quantitative estimate of drug-likeness (QED) is 0.645. The highest BCUT2D eigenvalue weighted by atomic mass is 19.1. The molecule has 3 aromatic rings. The van der Waals surface area contributed by atoms with Crippen molar-refractivity contribution in [2.75, 3.05) is 6.61 Å². The van der Waals surface area contributed by atoms with E-state index in [0.717, 1.165) is 22.5 Å². The molecule has 1 atom stereocenters. The lowest BCUT2D eigenvalue weighted by atomic mass is 10.1. The van der Waals surface area contributed by atoms with E-state index in [2.05, 4.69) is 4.99 Å². The molecule has 5 heteroatoms. The monoisotopic (exact) mass is 376 g/mol. The van der Waals surface area contributed by atoms with Crippen molar-refractivity contribution in [3.05, 3.63) is 89.7 Å². The molecular formula is C23H21FN2O2. The minimum atomic E-state index is -0.293. The number of hydrogen-bond acceptors (Lipinski definition) is 4. The molecule has 3 aromatic carbocycles. The summed E-state index contributed by atoms with van der Waals surface area (Å²) in [4.78, 5) is 4.67. The highest BCUT2D eigenvalue weighted by Crippen LogP contribution is 2.33. The van der Waals surface area contributed by atoms with Crippen LogP contribution < -0.4 is 10.5 Å². The average Bonchev–Trinajstić information content (AvgIpc) is 3.14. The first-order chi connectivity index (χ1) is 13.7. The van der Waals surface area contributed by atoms with Gasteiger partial charge < -0.3 is 15.2 Å². The predicted molar refractivity (Wildman–Crippen MR) is 108 cm³/mol. The third kappa shape index (κ3) is 4.44. The second-order valence-corrected chi connectivity index (χ2v) is 6.73. The van der Waals surface area contributed by atoms with Crippen molar-refractivity contribution in [2.45, 2.75) is 19.1 Å². The molecule has 0 saturated heterocycles. The summed E-state index contributed by atoms with van der Waals surface area (Å²) in [6.07, 6.45) is 0.710. The summed E-state index contributed by atoms with van der Waals surface area (Å²) in [7, 11) is 0. The van der Waals surface area contributed by atoms with Crippen molar-refractivity contribution in [1.29, 1.82) is 0 Å². The van der Waals surface area contributed by atoms with Gasteiger partial charge in [-0.2, -0.15) is 0 Å². The SMILES string of the molecule is N[C@@H](COCc1ccccc1)C1=Nc2cc(Oc3ccc(F)cc3)ccc2C1. The second kappa shape index (κ2) is 8.33. The van der Waals surface area contributed by atoms with E-state index >= 15 is 0 Å². The number of nitrogens with two attached hydrogens (primary N) is 1. The van der Waals surface area contributed by atoms with Crippen LogP contribution in [0.25, 0.3) is 0 Å². The summed E-state index contributed by atoms with van der Waals surface area (Å²) in [5.41, 5.74) is 10.3. The summed E-state index contributed by atoms with van der Waals surface area (Å²) in [6.45, 7) is 0.949. The number of aliphatic imine (C=N–C) groups is 1. The van der Waals surface area contributed by atoms with Gasteiger partial charge in [-0.15, -0.1) is 0 Å². The molecule has 0 unspecified atom stereocenters. The number of benzene rings is 3. The maximum atomic E-state index is 13.0. The lowest BCUT2D eigenvalue weighted by molar-refractivity contribution is 0.119. The molecule has 0 saturated carbocycles. The maximum Gasteiger partial charge on any atom is 0.129 e. The molecule has 4 nitrogen and oxygen atoms in total. The minimum Gasteiger partial charge on any atom is -0.457 e. The zero-order chi connectivity index (χ0) is 19.3. The van der Waals surface area contributed by atoms with E-state index < -0.39 is 0 Å².